The quantitative estimate of drug-likeness (QED) is 0.497. The highest BCUT2D eigenvalue weighted by Crippen LogP contribution is 2.37. The van der Waals surface area contributed by atoms with E-state index in [1.807, 2.05) is 16.0 Å². The van der Waals surface area contributed by atoms with Gasteiger partial charge in [-0.25, -0.2) is 4.98 Å². The molecule has 1 amide bonds. The highest BCUT2D eigenvalue weighted by Gasteiger charge is 2.21. The van der Waals surface area contributed by atoms with Crippen LogP contribution in [0.25, 0.3) is 4.96 Å². The Hall–Kier alpha value is -3.40. The molecule has 0 saturated carbocycles. The van der Waals surface area contributed by atoms with E-state index in [0.717, 1.165) is 4.96 Å². The highest BCUT2D eigenvalue weighted by molar-refractivity contribution is 7.15. The average molecular weight is 401 g/mol. The van der Waals surface area contributed by atoms with Crippen molar-refractivity contribution in [2.45, 2.75) is 13.3 Å². The third kappa shape index (κ3) is 3.67. The molecule has 10 heteroatoms. The Kier molecular flexibility index (Phi) is 4.70. The number of Topliss-reactive ketones (excluding diaryl/α,β-unsaturated/α-hetero) is 1. The van der Waals surface area contributed by atoms with Crippen LogP contribution in [0.15, 0.2) is 29.9 Å². The van der Waals surface area contributed by atoms with E-state index in [2.05, 4.69) is 10.3 Å². The van der Waals surface area contributed by atoms with Gasteiger partial charge in [0.2, 0.25) is 6.79 Å². The van der Waals surface area contributed by atoms with Crippen molar-refractivity contribution in [3.8, 4) is 11.5 Å². The second-order valence-corrected chi connectivity index (χ2v) is 6.89. The minimum absolute atomic E-state index is 0.0373. The normalized spacial score (nSPS) is 12.2. The van der Waals surface area contributed by atoms with Crippen LogP contribution in [0.4, 0.5) is 5.69 Å². The van der Waals surface area contributed by atoms with Crippen molar-refractivity contribution < 1.29 is 28.6 Å². The molecule has 2 aromatic heterocycles. The predicted octanol–water partition coefficient (Wildman–Crippen LogP) is 2.05. The second-order valence-electron chi connectivity index (χ2n) is 6.02. The van der Waals surface area contributed by atoms with Crippen LogP contribution in [0.1, 0.15) is 23.0 Å². The number of aromatic nitrogens is 2. The molecule has 0 aliphatic carbocycles. The predicted molar refractivity (Wildman–Crippen MR) is 98.9 cm³/mol. The number of nitrogens with one attached hydrogen (secondary N) is 1. The number of carbonyl (C=O) groups excluding carboxylic acids is 3. The molecule has 0 unspecified atom stereocenters. The number of rotatable bonds is 6. The van der Waals surface area contributed by atoms with E-state index in [1.165, 1.54) is 30.4 Å². The van der Waals surface area contributed by atoms with E-state index in [4.69, 9.17) is 14.2 Å². The molecule has 0 atom stereocenters. The molecule has 1 aromatic carbocycles. The number of hydrogen-bond donors (Lipinski definition) is 1. The molecule has 4 rings (SSSR count). The van der Waals surface area contributed by atoms with Gasteiger partial charge >= 0.3 is 5.97 Å². The van der Waals surface area contributed by atoms with E-state index in [1.54, 1.807) is 6.20 Å². The SMILES string of the molecule is CC(=O)c1cc2c(cc1NC(=O)COC(=O)Cc1cn3ccsc3n1)OCO2. The van der Waals surface area contributed by atoms with Crippen molar-refractivity contribution in [1.82, 2.24) is 9.38 Å². The van der Waals surface area contributed by atoms with Gasteiger partial charge in [-0.15, -0.1) is 11.3 Å². The third-order valence-corrected chi connectivity index (χ3v) is 4.77. The lowest BCUT2D eigenvalue weighted by Gasteiger charge is -2.11. The lowest BCUT2D eigenvalue weighted by Crippen LogP contribution is -2.22. The summed E-state index contributed by atoms with van der Waals surface area (Å²) in [4.78, 5) is 41.0. The third-order valence-electron chi connectivity index (χ3n) is 4.00. The summed E-state index contributed by atoms with van der Waals surface area (Å²) in [6.07, 6.45) is 3.54. The molecule has 0 spiro atoms. The fourth-order valence-corrected chi connectivity index (χ4v) is 3.45. The zero-order valence-corrected chi connectivity index (χ0v) is 15.6. The number of ketones is 1. The summed E-state index contributed by atoms with van der Waals surface area (Å²) in [5.41, 5.74) is 1.11. The van der Waals surface area contributed by atoms with Crippen LogP contribution < -0.4 is 14.8 Å². The maximum absolute atomic E-state index is 12.2. The number of esters is 1. The van der Waals surface area contributed by atoms with Gasteiger partial charge in [0.15, 0.2) is 28.9 Å². The van der Waals surface area contributed by atoms with Crippen molar-refractivity contribution in [2.75, 3.05) is 18.7 Å². The number of anilines is 1. The van der Waals surface area contributed by atoms with Gasteiger partial charge in [-0.1, -0.05) is 0 Å². The van der Waals surface area contributed by atoms with Crippen LogP contribution in [0, 0.1) is 0 Å². The van der Waals surface area contributed by atoms with Gasteiger partial charge in [-0.2, -0.15) is 0 Å². The van der Waals surface area contributed by atoms with Gasteiger partial charge in [0, 0.05) is 29.4 Å². The lowest BCUT2D eigenvalue weighted by atomic mass is 10.1. The summed E-state index contributed by atoms with van der Waals surface area (Å²) in [6.45, 7) is 0.948. The first-order valence-electron chi connectivity index (χ1n) is 8.31. The minimum Gasteiger partial charge on any atom is -0.455 e. The summed E-state index contributed by atoms with van der Waals surface area (Å²) >= 11 is 1.46. The van der Waals surface area contributed by atoms with Crippen LogP contribution in [-0.4, -0.2) is 40.4 Å². The molecular weight excluding hydrogens is 386 g/mol. The van der Waals surface area contributed by atoms with Crippen molar-refractivity contribution in [3.05, 3.63) is 41.2 Å². The number of fused-ring (bicyclic) bond motifs is 2. The molecule has 28 heavy (non-hydrogen) atoms. The number of carbonyl (C=O) groups is 3. The number of hydrogen-bond acceptors (Lipinski definition) is 8. The molecule has 1 N–H and O–H groups in total. The summed E-state index contributed by atoms with van der Waals surface area (Å²) in [7, 11) is 0. The van der Waals surface area contributed by atoms with Gasteiger partial charge in [-0.3, -0.25) is 18.8 Å². The van der Waals surface area contributed by atoms with Crippen LogP contribution in [0.5, 0.6) is 11.5 Å². The maximum atomic E-state index is 12.2. The highest BCUT2D eigenvalue weighted by atomic mass is 32.1. The minimum atomic E-state index is -0.571. The van der Waals surface area contributed by atoms with E-state index in [-0.39, 0.29) is 30.2 Å². The zero-order chi connectivity index (χ0) is 19.7. The van der Waals surface area contributed by atoms with Crippen LogP contribution in [0.3, 0.4) is 0 Å². The summed E-state index contributed by atoms with van der Waals surface area (Å²) in [5.74, 6) is -0.518. The molecule has 3 heterocycles. The Morgan fingerprint density at radius 2 is 2.07 bits per heavy atom. The Balaban J connectivity index is 1.36. The first-order chi connectivity index (χ1) is 13.5. The molecule has 9 nitrogen and oxygen atoms in total. The fraction of sp³-hybridized carbons (Fsp3) is 0.222. The molecule has 1 aliphatic heterocycles. The fourth-order valence-electron chi connectivity index (χ4n) is 2.73. The van der Waals surface area contributed by atoms with E-state index in [0.29, 0.717) is 17.2 Å². The van der Waals surface area contributed by atoms with Crippen molar-refractivity contribution in [3.63, 3.8) is 0 Å². The number of imidazole rings is 1. The standard InChI is InChI=1S/C18H15N3O6S/c1-10(22)12-5-14-15(27-9-26-14)6-13(12)20-16(23)8-25-17(24)4-11-7-21-2-3-28-18(21)19-11/h2-3,5-7H,4,8-9H2,1H3,(H,20,23). The van der Waals surface area contributed by atoms with Crippen LogP contribution in [0.2, 0.25) is 0 Å². The zero-order valence-electron chi connectivity index (χ0n) is 14.8. The van der Waals surface area contributed by atoms with E-state index in [9.17, 15) is 14.4 Å². The van der Waals surface area contributed by atoms with Crippen LogP contribution in [-0.2, 0) is 20.7 Å². The Morgan fingerprint density at radius 3 is 2.82 bits per heavy atom. The largest absolute Gasteiger partial charge is 0.455 e. The summed E-state index contributed by atoms with van der Waals surface area (Å²) < 4.78 is 17.3. The van der Waals surface area contributed by atoms with Gasteiger partial charge in [0.25, 0.3) is 5.91 Å². The second kappa shape index (κ2) is 7.31. The summed E-state index contributed by atoms with van der Waals surface area (Å²) in [6, 6.07) is 3.02. The first kappa shape index (κ1) is 18.0. The molecular formula is C18H15N3O6S. The van der Waals surface area contributed by atoms with E-state index >= 15 is 0 Å². The van der Waals surface area contributed by atoms with Crippen molar-refractivity contribution in [2.24, 2.45) is 0 Å². The Morgan fingerprint density at radius 1 is 1.29 bits per heavy atom. The lowest BCUT2D eigenvalue weighted by molar-refractivity contribution is -0.146. The monoisotopic (exact) mass is 401 g/mol. The smallest absolute Gasteiger partial charge is 0.312 e. The van der Waals surface area contributed by atoms with E-state index < -0.39 is 18.5 Å². The number of nitrogens with zero attached hydrogens (tertiary/aromatic N) is 2. The summed E-state index contributed by atoms with van der Waals surface area (Å²) in [5, 5.41) is 4.46. The molecule has 0 saturated heterocycles. The number of benzene rings is 1. The number of ether oxygens (including phenoxy) is 3. The molecule has 0 radical (unpaired) electrons. The molecule has 3 aromatic rings. The van der Waals surface area contributed by atoms with Gasteiger partial charge in [0.1, 0.15) is 0 Å². The Labute approximate surface area is 162 Å². The molecule has 0 bridgehead atoms. The molecule has 0 fully saturated rings. The number of thiazole rings is 1. The number of amides is 1. The van der Waals surface area contributed by atoms with Crippen molar-refractivity contribution >= 4 is 39.6 Å². The Bertz CT molecular complexity index is 1060. The van der Waals surface area contributed by atoms with Crippen molar-refractivity contribution in [1.29, 1.82) is 0 Å². The van der Waals surface area contributed by atoms with Crippen LogP contribution >= 0.6 is 11.3 Å². The van der Waals surface area contributed by atoms with Gasteiger partial charge in [0.05, 0.1) is 17.8 Å². The average Bonchev–Trinajstić information content (AvgIpc) is 3.34. The molecule has 144 valence electrons. The topological polar surface area (TPSA) is 108 Å². The van der Waals surface area contributed by atoms with Gasteiger partial charge in [-0.05, 0) is 13.0 Å². The maximum Gasteiger partial charge on any atom is 0.312 e. The first-order valence-corrected chi connectivity index (χ1v) is 9.18. The molecule has 1 aliphatic rings. The van der Waals surface area contributed by atoms with Gasteiger partial charge < -0.3 is 19.5 Å².